The lowest BCUT2D eigenvalue weighted by molar-refractivity contribution is -0.119. The number of benzene rings is 2. The third-order valence-electron chi connectivity index (χ3n) is 4.05. The summed E-state index contributed by atoms with van der Waals surface area (Å²) >= 11 is 12.1. The van der Waals surface area contributed by atoms with Gasteiger partial charge in [0.15, 0.2) is 19.0 Å². The summed E-state index contributed by atoms with van der Waals surface area (Å²) in [7, 11) is 0. The van der Waals surface area contributed by atoms with Crippen molar-refractivity contribution in [1.82, 2.24) is 19.9 Å². The van der Waals surface area contributed by atoms with Crippen LogP contribution in [0.15, 0.2) is 59.3 Å². The predicted molar refractivity (Wildman–Crippen MR) is 113 cm³/mol. The molecule has 0 atom stereocenters. The fraction of sp³-hybridized carbons (Fsp3) is 0.100. The standard InChI is InChI=1S/C20H15Cl2N5O4/c21-14-2-1-3-16(18(14)22)30-11-27-9-8-15(25-27)20-24-19(26-31-20)12-4-6-13(7-5-12)29-10-17(23)28/h1-9H,10-11H2,(H2,23,28). The van der Waals surface area contributed by atoms with Gasteiger partial charge in [-0.3, -0.25) is 4.79 Å². The van der Waals surface area contributed by atoms with Crippen LogP contribution < -0.4 is 15.2 Å². The minimum Gasteiger partial charge on any atom is -0.484 e. The zero-order valence-corrected chi connectivity index (χ0v) is 17.4. The number of rotatable bonds is 8. The van der Waals surface area contributed by atoms with Crippen molar-refractivity contribution < 1.29 is 18.8 Å². The molecule has 0 spiro atoms. The topological polar surface area (TPSA) is 118 Å². The third-order valence-corrected chi connectivity index (χ3v) is 4.85. The molecule has 2 aromatic carbocycles. The van der Waals surface area contributed by atoms with Gasteiger partial charge in [0.05, 0.1) is 5.02 Å². The molecule has 2 heterocycles. The molecule has 11 heteroatoms. The van der Waals surface area contributed by atoms with E-state index in [2.05, 4.69) is 15.2 Å². The quantitative estimate of drug-likeness (QED) is 0.425. The number of hydrogen-bond donors (Lipinski definition) is 1. The number of carbonyl (C=O) groups excluding carboxylic acids is 1. The van der Waals surface area contributed by atoms with Crippen LogP contribution in [-0.2, 0) is 11.5 Å². The molecule has 0 bridgehead atoms. The Morgan fingerprint density at radius 3 is 2.68 bits per heavy atom. The summed E-state index contributed by atoms with van der Waals surface area (Å²) < 4.78 is 17.7. The largest absolute Gasteiger partial charge is 0.484 e. The smallest absolute Gasteiger partial charge is 0.278 e. The number of hydrogen-bond acceptors (Lipinski definition) is 7. The third kappa shape index (κ3) is 4.96. The van der Waals surface area contributed by atoms with Gasteiger partial charge in [0, 0.05) is 11.8 Å². The highest BCUT2D eigenvalue weighted by Crippen LogP contribution is 2.31. The number of nitrogens with two attached hydrogens (primary N) is 1. The lowest BCUT2D eigenvalue weighted by atomic mass is 10.2. The molecule has 9 nitrogen and oxygen atoms in total. The molecule has 158 valence electrons. The summed E-state index contributed by atoms with van der Waals surface area (Å²) in [5.74, 6) is 1.04. The van der Waals surface area contributed by atoms with Gasteiger partial charge >= 0.3 is 0 Å². The van der Waals surface area contributed by atoms with Crippen LogP contribution in [0.2, 0.25) is 10.0 Å². The van der Waals surface area contributed by atoms with Gasteiger partial charge in [-0.15, -0.1) is 0 Å². The predicted octanol–water partition coefficient (Wildman–Crippen LogP) is 3.81. The second-order valence-corrected chi connectivity index (χ2v) is 7.05. The minimum atomic E-state index is -0.549. The maximum absolute atomic E-state index is 10.8. The number of amides is 1. The van der Waals surface area contributed by atoms with Gasteiger partial charge < -0.3 is 19.7 Å². The van der Waals surface area contributed by atoms with Crippen molar-refractivity contribution in [2.45, 2.75) is 6.73 Å². The van der Waals surface area contributed by atoms with Gasteiger partial charge in [-0.1, -0.05) is 34.4 Å². The molecule has 0 saturated heterocycles. The SMILES string of the molecule is NC(=O)COc1ccc(-c2noc(-c3ccn(COc4cccc(Cl)c4Cl)n3)n2)cc1. The summed E-state index contributed by atoms with van der Waals surface area (Å²) in [6, 6.07) is 13.7. The highest BCUT2D eigenvalue weighted by Gasteiger charge is 2.14. The monoisotopic (exact) mass is 459 g/mol. The van der Waals surface area contributed by atoms with Crippen LogP contribution in [0.4, 0.5) is 0 Å². The highest BCUT2D eigenvalue weighted by molar-refractivity contribution is 6.42. The average molecular weight is 460 g/mol. The van der Waals surface area contributed by atoms with Crippen molar-refractivity contribution in [2.75, 3.05) is 6.61 Å². The number of carbonyl (C=O) groups is 1. The van der Waals surface area contributed by atoms with E-state index in [9.17, 15) is 4.79 Å². The number of nitrogens with zero attached hydrogens (tertiary/aromatic N) is 4. The second kappa shape index (κ2) is 9.07. The van der Waals surface area contributed by atoms with Crippen LogP contribution in [0.25, 0.3) is 23.0 Å². The van der Waals surface area contributed by atoms with Gasteiger partial charge in [-0.2, -0.15) is 10.1 Å². The van der Waals surface area contributed by atoms with E-state index in [4.69, 9.17) is 42.9 Å². The number of aromatic nitrogens is 4. The number of halogens is 2. The first-order valence-electron chi connectivity index (χ1n) is 8.95. The fourth-order valence-corrected chi connectivity index (χ4v) is 2.92. The van der Waals surface area contributed by atoms with Gasteiger partial charge in [0.2, 0.25) is 5.82 Å². The highest BCUT2D eigenvalue weighted by atomic mass is 35.5. The van der Waals surface area contributed by atoms with E-state index in [1.54, 1.807) is 59.4 Å². The fourth-order valence-electron chi connectivity index (χ4n) is 2.58. The van der Waals surface area contributed by atoms with Crippen molar-refractivity contribution in [3.05, 3.63) is 64.8 Å². The molecular weight excluding hydrogens is 445 g/mol. The molecule has 1 amide bonds. The average Bonchev–Trinajstić information content (AvgIpc) is 3.43. The summed E-state index contributed by atoms with van der Waals surface area (Å²) in [5.41, 5.74) is 6.25. The Kier molecular flexibility index (Phi) is 6.06. The normalized spacial score (nSPS) is 10.8. The molecule has 0 fully saturated rings. The van der Waals surface area contributed by atoms with Crippen molar-refractivity contribution in [3.63, 3.8) is 0 Å². The Hall–Kier alpha value is -3.56. The number of primary amides is 1. The van der Waals surface area contributed by atoms with E-state index in [0.29, 0.717) is 38.6 Å². The molecule has 0 aliphatic rings. The van der Waals surface area contributed by atoms with E-state index in [1.807, 2.05) is 0 Å². The van der Waals surface area contributed by atoms with E-state index >= 15 is 0 Å². The molecular formula is C20H15Cl2N5O4. The van der Waals surface area contributed by atoms with Crippen molar-refractivity contribution in [1.29, 1.82) is 0 Å². The van der Waals surface area contributed by atoms with E-state index < -0.39 is 5.91 Å². The minimum absolute atomic E-state index is 0.119. The first-order valence-corrected chi connectivity index (χ1v) is 9.71. The molecule has 31 heavy (non-hydrogen) atoms. The van der Waals surface area contributed by atoms with Crippen molar-refractivity contribution in [3.8, 4) is 34.5 Å². The van der Waals surface area contributed by atoms with Crippen LogP contribution in [0.1, 0.15) is 0 Å². The first kappa shape index (κ1) is 20.7. The number of ether oxygens (including phenoxy) is 2. The van der Waals surface area contributed by atoms with Crippen LogP contribution in [0, 0.1) is 0 Å². The summed E-state index contributed by atoms with van der Waals surface area (Å²) in [4.78, 5) is 15.1. The Morgan fingerprint density at radius 2 is 1.90 bits per heavy atom. The summed E-state index contributed by atoms with van der Waals surface area (Å²) in [6.07, 6.45) is 1.71. The second-order valence-electron chi connectivity index (χ2n) is 6.27. The van der Waals surface area contributed by atoms with Crippen LogP contribution >= 0.6 is 23.2 Å². The summed E-state index contributed by atoms with van der Waals surface area (Å²) in [6.45, 7) is -0.0740. The maximum Gasteiger partial charge on any atom is 0.278 e. The summed E-state index contributed by atoms with van der Waals surface area (Å²) in [5, 5.41) is 9.09. The molecule has 0 aliphatic heterocycles. The Bertz CT molecular complexity index is 1210. The maximum atomic E-state index is 10.8. The molecule has 4 aromatic rings. The van der Waals surface area contributed by atoms with Gasteiger partial charge in [0.25, 0.3) is 11.8 Å². The zero-order valence-electron chi connectivity index (χ0n) is 15.9. The Morgan fingerprint density at radius 1 is 1.10 bits per heavy atom. The van der Waals surface area contributed by atoms with Gasteiger partial charge in [-0.25, -0.2) is 4.68 Å². The molecule has 4 rings (SSSR count). The molecule has 2 N–H and O–H groups in total. The first-order chi connectivity index (χ1) is 15.0. The Balaban J connectivity index is 1.42. The van der Waals surface area contributed by atoms with Crippen molar-refractivity contribution in [2.24, 2.45) is 5.73 Å². The van der Waals surface area contributed by atoms with Gasteiger partial charge in [0.1, 0.15) is 16.5 Å². The van der Waals surface area contributed by atoms with Crippen LogP contribution in [0.3, 0.4) is 0 Å². The lowest BCUT2D eigenvalue weighted by Crippen LogP contribution is -2.19. The molecule has 0 unspecified atom stereocenters. The van der Waals surface area contributed by atoms with E-state index in [0.717, 1.165) is 0 Å². The van der Waals surface area contributed by atoms with E-state index in [1.165, 1.54) is 0 Å². The van der Waals surface area contributed by atoms with Crippen molar-refractivity contribution >= 4 is 29.1 Å². The van der Waals surface area contributed by atoms with Gasteiger partial charge in [-0.05, 0) is 42.5 Å². The molecule has 0 aliphatic carbocycles. The van der Waals surface area contributed by atoms with E-state index in [-0.39, 0.29) is 19.2 Å². The molecule has 0 saturated carbocycles. The lowest BCUT2D eigenvalue weighted by Gasteiger charge is -2.08. The van der Waals surface area contributed by atoms with Crippen LogP contribution in [0.5, 0.6) is 11.5 Å². The molecule has 2 aromatic heterocycles. The van der Waals surface area contributed by atoms with Crippen LogP contribution in [-0.4, -0.2) is 32.4 Å². The molecule has 0 radical (unpaired) electrons. The Labute approximate surface area is 186 Å². The zero-order chi connectivity index (χ0) is 21.8.